The molecule has 0 spiro atoms. The van der Waals surface area contributed by atoms with Crippen molar-refractivity contribution in [2.24, 2.45) is 0 Å². The van der Waals surface area contributed by atoms with Crippen molar-refractivity contribution in [3.05, 3.63) is 70.8 Å². The van der Waals surface area contributed by atoms with Crippen molar-refractivity contribution in [2.45, 2.75) is 12.5 Å². The number of rotatable bonds is 4. The minimum absolute atomic E-state index is 0.517. The number of hydrogen-bond donors (Lipinski definition) is 1. The molecule has 1 unspecified atom stereocenters. The van der Waals surface area contributed by atoms with Crippen LogP contribution in [0.15, 0.2) is 60.2 Å². The summed E-state index contributed by atoms with van der Waals surface area (Å²) in [5.41, 5.74) is 2.89. The minimum Gasteiger partial charge on any atom is -0.388 e. The van der Waals surface area contributed by atoms with Gasteiger partial charge in [-0.3, -0.25) is 4.98 Å². The molecule has 4 heteroatoms. The molecule has 0 radical (unpaired) electrons. The van der Waals surface area contributed by atoms with Gasteiger partial charge in [-0.1, -0.05) is 36.4 Å². The van der Waals surface area contributed by atoms with Gasteiger partial charge in [0.1, 0.15) is 0 Å². The first-order valence-corrected chi connectivity index (χ1v) is 7.29. The molecule has 20 heavy (non-hydrogen) atoms. The Hall–Kier alpha value is -2.04. The van der Waals surface area contributed by atoms with Gasteiger partial charge >= 0.3 is 0 Å². The standard InChI is InChI=1S/C16H14N2OS/c19-15(13-7-4-8-17-10-13)9-16-18-14(11-20-16)12-5-2-1-3-6-12/h1-8,10-11,15,19H,9H2. The van der Waals surface area contributed by atoms with Crippen LogP contribution in [-0.2, 0) is 6.42 Å². The van der Waals surface area contributed by atoms with Crippen molar-refractivity contribution >= 4 is 11.3 Å². The van der Waals surface area contributed by atoms with E-state index in [0.29, 0.717) is 6.42 Å². The van der Waals surface area contributed by atoms with Crippen LogP contribution in [0.2, 0.25) is 0 Å². The van der Waals surface area contributed by atoms with E-state index in [1.54, 1.807) is 23.7 Å². The average Bonchev–Trinajstić information content (AvgIpc) is 2.97. The third-order valence-electron chi connectivity index (χ3n) is 3.06. The lowest BCUT2D eigenvalue weighted by atomic mass is 10.1. The Labute approximate surface area is 121 Å². The maximum Gasteiger partial charge on any atom is 0.0961 e. The molecule has 1 N–H and O–H groups in total. The highest BCUT2D eigenvalue weighted by Gasteiger charge is 2.12. The van der Waals surface area contributed by atoms with Gasteiger partial charge in [0.25, 0.3) is 0 Å². The molecule has 3 aromatic rings. The molecule has 0 saturated carbocycles. The number of aliphatic hydroxyl groups excluding tert-OH is 1. The Morgan fingerprint density at radius 3 is 2.70 bits per heavy atom. The minimum atomic E-state index is -0.557. The van der Waals surface area contributed by atoms with E-state index in [1.807, 2.05) is 47.8 Å². The second-order valence-corrected chi connectivity index (χ2v) is 5.44. The van der Waals surface area contributed by atoms with Crippen molar-refractivity contribution in [2.75, 3.05) is 0 Å². The maximum atomic E-state index is 10.2. The van der Waals surface area contributed by atoms with E-state index >= 15 is 0 Å². The van der Waals surface area contributed by atoms with E-state index in [-0.39, 0.29) is 0 Å². The van der Waals surface area contributed by atoms with Gasteiger partial charge in [0.15, 0.2) is 0 Å². The van der Waals surface area contributed by atoms with Crippen LogP contribution in [0.5, 0.6) is 0 Å². The zero-order valence-electron chi connectivity index (χ0n) is 10.8. The van der Waals surface area contributed by atoms with E-state index in [2.05, 4.69) is 9.97 Å². The number of pyridine rings is 1. The second kappa shape index (κ2) is 5.94. The van der Waals surface area contributed by atoms with Gasteiger partial charge in [-0.05, 0) is 11.6 Å². The van der Waals surface area contributed by atoms with E-state index in [9.17, 15) is 5.11 Å². The zero-order valence-corrected chi connectivity index (χ0v) is 11.6. The number of benzene rings is 1. The summed E-state index contributed by atoms with van der Waals surface area (Å²) in [4.78, 5) is 8.61. The quantitative estimate of drug-likeness (QED) is 0.797. The van der Waals surface area contributed by atoms with E-state index < -0.39 is 6.10 Å². The SMILES string of the molecule is OC(Cc1nc(-c2ccccc2)cs1)c1cccnc1. The Morgan fingerprint density at radius 2 is 1.95 bits per heavy atom. The first-order chi connectivity index (χ1) is 9.83. The lowest BCUT2D eigenvalue weighted by Crippen LogP contribution is -2.01. The molecular weight excluding hydrogens is 268 g/mol. The predicted octanol–water partition coefficient (Wildman–Crippen LogP) is 3.48. The molecule has 100 valence electrons. The molecule has 0 bridgehead atoms. The fourth-order valence-corrected chi connectivity index (χ4v) is 2.84. The summed E-state index contributed by atoms with van der Waals surface area (Å²) < 4.78 is 0. The van der Waals surface area contributed by atoms with Gasteiger partial charge in [-0.15, -0.1) is 11.3 Å². The molecule has 1 atom stereocenters. The molecule has 1 aromatic carbocycles. The van der Waals surface area contributed by atoms with Crippen LogP contribution in [0, 0.1) is 0 Å². The van der Waals surface area contributed by atoms with Crippen LogP contribution in [0.1, 0.15) is 16.7 Å². The van der Waals surface area contributed by atoms with Gasteiger partial charge in [0, 0.05) is 29.8 Å². The first kappa shape index (κ1) is 13.0. The summed E-state index contributed by atoms with van der Waals surface area (Å²) in [5, 5.41) is 13.1. The largest absolute Gasteiger partial charge is 0.388 e. The van der Waals surface area contributed by atoms with Crippen LogP contribution in [0.25, 0.3) is 11.3 Å². The summed E-state index contributed by atoms with van der Waals surface area (Å²) >= 11 is 1.58. The van der Waals surface area contributed by atoms with E-state index in [4.69, 9.17) is 0 Å². The first-order valence-electron chi connectivity index (χ1n) is 6.41. The smallest absolute Gasteiger partial charge is 0.0961 e. The molecule has 2 heterocycles. The number of hydrogen-bond acceptors (Lipinski definition) is 4. The summed E-state index contributed by atoms with van der Waals surface area (Å²) in [6.07, 6.45) is 3.35. The van der Waals surface area contributed by atoms with Gasteiger partial charge in [0.05, 0.1) is 16.8 Å². The third-order valence-corrected chi connectivity index (χ3v) is 3.93. The van der Waals surface area contributed by atoms with Crippen LogP contribution < -0.4 is 0 Å². The van der Waals surface area contributed by atoms with Crippen molar-refractivity contribution < 1.29 is 5.11 Å². The molecule has 2 aromatic heterocycles. The highest BCUT2D eigenvalue weighted by molar-refractivity contribution is 7.09. The lowest BCUT2D eigenvalue weighted by Gasteiger charge is -2.07. The van der Waals surface area contributed by atoms with Crippen LogP contribution in [-0.4, -0.2) is 15.1 Å². The van der Waals surface area contributed by atoms with Crippen molar-refractivity contribution in [3.63, 3.8) is 0 Å². The molecule has 0 saturated heterocycles. The Bertz CT molecular complexity index is 667. The Morgan fingerprint density at radius 1 is 1.10 bits per heavy atom. The third kappa shape index (κ3) is 2.92. The van der Waals surface area contributed by atoms with Gasteiger partial charge < -0.3 is 5.11 Å². The molecule has 0 aliphatic carbocycles. The normalized spacial score (nSPS) is 12.2. The maximum absolute atomic E-state index is 10.2. The fourth-order valence-electron chi connectivity index (χ4n) is 2.00. The second-order valence-electron chi connectivity index (χ2n) is 4.50. The molecule has 0 fully saturated rings. The topological polar surface area (TPSA) is 46.0 Å². The van der Waals surface area contributed by atoms with Gasteiger partial charge in [0.2, 0.25) is 0 Å². The molecule has 3 nitrogen and oxygen atoms in total. The predicted molar refractivity (Wildman–Crippen MR) is 80.5 cm³/mol. The molecule has 0 aliphatic rings. The van der Waals surface area contributed by atoms with Crippen molar-refractivity contribution in [1.82, 2.24) is 9.97 Å². The highest BCUT2D eigenvalue weighted by Crippen LogP contribution is 2.25. The number of aliphatic hydroxyl groups is 1. The Balaban J connectivity index is 1.75. The Kier molecular flexibility index (Phi) is 3.85. The van der Waals surface area contributed by atoms with Crippen molar-refractivity contribution in [1.29, 1.82) is 0 Å². The number of nitrogens with zero attached hydrogens (tertiary/aromatic N) is 2. The summed E-state index contributed by atoms with van der Waals surface area (Å²) in [7, 11) is 0. The van der Waals surface area contributed by atoms with Gasteiger partial charge in [-0.25, -0.2) is 4.98 Å². The average molecular weight is 282 g/mol. The van der Waals surface area contributed by atoms with Crippen LogP contribution in [0.4, 0.5) is 0 Å². The molecule has 0 amide bonds. The van der Waals surface area contributed by atoms with Crippen LogP contribution in [0.3, 0.4) is 0 Å². The number of thiazole rings is 1. The summed E-state index contributed by atoms with van der Waals surface area (Å²) in [5.74, 6) is 0. The van der Waals surface area contributed by atoms with Crippen molar-refractivity contribution in [3.8, 4) is 11.3 Å². The highest BCUT2D eigenvalue weighted by atomic mass is 32.1. The zero-order chi connectivity index (χ0) is 13.8. The van der Waals surface area contributed by atoms with E-state index in [0.717, 1.165) is 21.8 Å². The molecular formula is C16H14N2OS. The fraction of sp³-hybridized carbons (Fsp3) is 0.125. The lowest BCUT2D eigenvalue weighted by molar-refractivity contribution is 0.178. The number of aromatic nitrogens is 2. The van der Waals surface area contributed by atoms with Crippen LogP contribution >= 0.6 is 11.3 Å². The molecule has 3 rings (SSSR count). The molecule has 0 aliphatic heterocycles. The monoisotopic (exact) mass is 282 g/mol. The summed E-state index contributed by atoms with van der Waals surface area (Å²) in [6.45, 7) is 0. The van der Waals surface area contributed by atoms with Gasteiger partial charge in [-0.2, -0.15) is 0 Å². The summed E-state index contributed by atoms with van der Waals surface area (Å²) in [6, 6.07) is 13.8. The van der Waals surface area contributed by atoms with E-state index in [1.165, 1.54) is 0 Å².